The molecule has 1 amide bonds. The highest BCUT2D eigenvalue weighted by Crippen LogP contribution is 2.78. The second-order valence-corrected chi connectivity index (χ2v) is 21.7. The molecule has 7 rings (SSSR count). The van der Waals surface area contributed by atoms with E-state index in [4.69, 9.17) is 4.74 Å². The van der Waals surface area contributed by atoms with Crippen LogP contribution in [0.25, 0.3) is 0 Å². The summed E-state index contributed by atoms with van der Waals surface area (Å²) >= 11 is 0. The highest BCUT2D eigenvalue weighted by Gasteiger charge is 2.71. The monoisotopic (exact) mass is 721 g/mol. The normalized spacial score (nSPS) is 46.6. The Morgan fingerprint density at radius 3 is 2.15 bits per heavy atom. The maximum atomic E-state index is 14.1. The van der Waals surface area contributed by atoms with Crippen LogP contribution in [0.3, 0.4) is 0 Å². The number of aliphatic carboxylic acids is 1. The maximum absolute atomic E-state index is 14.1. The van der Waals surface area contributed by atoms with Crippen molar-refractivity contribution in [3.63, 3.8) is 0 Å². The van der Waals surface area contributed by atoms with Crippen LogP contribution in [0.4, 0.5) is 0 Å². The average Bonchev–Trinajstić information content (AvgIpc) is 3.50. The summed E-state index contributed by atoms with van der Waals surface area (Å²) in [5.41, 5.74) is 0.638. The number of rotatable bonds is 8. The van der Waals surface area contributed by atoms with Gasteiger partial charge in [-0.2, -0.15) is 0 Å². The molecule has 2 bridgehead atoms. The summed E-state index contributed by atoms with van der Waals surface area (Å²) in [7, 11) is 2.28. The highest BCUT2D eigenvalue weighted by atomic mass is 16.5. The fourth-order valence-corrected chi connectivity index (χ4v) is 15.5. The van der Waals surface area contributed by atoms with Crippen LogP contribution in [0, 0.1) is 62.1 Å². The van der Waals surface area contributed by atoms with Gasteiger partial charge >= 0.3 is 11.9 Å². The first-order chi connectivity index (χ1) is 24.2. The molecule has 2 heterocycles. The summed E-state index contributed by atoms with van der Waals surface area (Å²) in [5.74, 6) is 1.61. The minimum Gasteiger partial charge on any atom is -0.481 e. The smallest absolute Gasteiger partial charge is 0.309 e. The molecule has 0 aromatic carbocycles. The minimum atomic E-state index is -1.14. The molecule has 0 aromatic rings. The van der Waals surface area contributed by atoms with Gasteiger partial charge in [-0.15, -0.1) is 0 Å². The molecule has 7 aliphatic rings. The summed E-state index contributed by atoms with van der Waals surface area (Å²) in [6, 6.07) is 1.58. The highest BCUT2D eigenvalue weighted by molar-refractivity contribution is 5.81. The Balaban J connectivity index is 1.10. The number of carboxylic acid groups (broad SMARTS) is 1. The van der Waals surface area contributed by atoms with Crippen LogP contribution in [0.2, 0.25) is 0 Å². The summed E-state index contributed by atoms with van der Waals surface area (Å²) in [5, 5.41) is 13.2. The predicted octanol–water partition coefficient (Wildman–Crippen LogP) is 9.19. The van der Waals surface area contributed by atoms with Crippen LogP contribution in [0.1, 0.15) is 158 Å². The van der Waals surface area contributed by atoms with E-state index in [0.29, 0.717) is 60.0 Å². The largest absolute Gasteiger partial charge is 0.481 e. The van der Waals surface area contributed by atoms with Gasteiger partial charge in [0.25, 0.3) is 0 Å². The Bertz CT molecular complexity index is 1460. The number of hydrogen-bond acceptors (Lipinski definition) is 5. The van der Waals surface area contributed by atoms with Crippen molar-refractivity contribution in [2.24, 2.45) is 62.1 Å². The number of allylic oxidation sites excluding steroid dienone is 1. The van der Waals surface area contributed by atoms with Crippen LogP contribution in [-0.2, 0) is 19.1 Å². The Labute approximate surface area is 315 Å². The second-order valence-electron chi connectivity index (χ2n) is 21.7. The number of nitrogens with zero attached hydrogens (tertiary/aromatic N) is 1. The van der Waals surface area contributed by atoms with E-state index in [0.717, 1.165) is 44.9 Å². The lowest BCUT2D eigenvalue weighted by atomic mass is 9.32. The van der Waals surface area contributed by atoms with E-state index in [1.807, 2.05) is 0 Å². The molecule has 0 radical (unpaired) electrons. The number of nitrogens with one attached hydrogen (secondary N) is 1. The van der Waals surface area contributed by atoms with Crippen molar-refractivity contribution in [2.45, 2.75) is 182 Å². The molecule has 5 saturated carbocycles. The lowest BCUT2D eigenvalue weighted by Gasteiger charge is -2.73. The van der Waals surface area contributed by atoms with E-state index in [1.54, 1.807) is 13.8 Å². The third-order valence-corrected chi connectivity index (χ3v) is 18.6. The van der Waals surface area contributed by atoms with Crippen molar-refractivity contribution in [3.05, 3.63) is 12.2 Å². The molecule has 7 fully saturated rings. The molecule has 3 unspecified atom stereocenters. The molecule has 7 nitrogen and oxygen atoms in total. The zero-order chi connectivity index (χ0) is 37.8. The summed E-state index contributed by atoms with van der Waals surface area (Å²) < 4.78 is 6.20. The standard InChI is InChI=1S/C45H72N2O5/c1-27(2)31-15-20-45(25-36(48)46-28-23-29-11-12-30(24-28)47(29)10)22-21-43(8)32(38(31)45)13-14-34-42(7)18-17-35(52-37(49)26-40(3,4)39(50)51)41(5,6)33(42)16-19-44(34,43)9/h28-35,38H,1,11-26H2,2-10H3,(H,46,48)(H,50,51)/t28?,29?,30?,31?,32-,33+,34-,35+,38-,42+,43-,44-,45-/m1/s1. The van der Waals surface area contributed by atoms with Crippen molar-refractivity contribution < 1.29 is 24.2 Å². The lowest BCUT2D eigenvalue weighted by molar-refractivity contribution is -0.250. The van der Waals surface area contributed by atoms with Gasteiger partial charge in [-0.05, 0) is 169 Å². The number of ether oxygens (including phenoxy) is 1. The molecule has 0 aromatic heterocycles. The van der Waals surface area contributed by atoms with E-state index < -0.39 is 11.4 Å². The number of esters is 1. The number of carboxylic acids is 1. The summed E-state index contributed by atoms with van der Waals surface area (Å²) in [6.07, 6.45) is 16.5. The van der Waals surface area contributed by atoms with Gasteiger partial charge in [0, 0.05) is 30.0 Å². The molecule has 7 heteroatoms. The van der Waals surface area contributed by atoms with Crippen LogP contribution < -0.4 is 5.32 Å². The first-order valence-electron chi connectivity index (χ1n) is 21.3. The fraction of sp³-hybridized carbons (Fsp3) is 0.889. The van der Waals surface area contributed by atoms with Crippen molar-refractivity contribution in [3.8, 4) is 0 Å². The van der Waals surface area contributed by atoms with Crippen LogP contribution in [-0.4, -0.2) is 59.1 Å². The fourth-order valence-electron chi connectivity index (χ4n) is 15.5. The first-order valence-corrected chi connectivity index (χ1v) is 21.3. The van der Waals surface area contributed by atoms with Gasteiger partial charge in [0.05, 0.1) is 11.8 Å². The van der Waals surface area contributed by atoms with Crippen molar-refractivity contribution in [2.75, 3.05) is 7.05 Å². The Morgan fingerprint density at radius 2 is 1.52 bits per heavy atom. The van der Waals surface area contributed by atoms with Gasteiger partial charge in [0.1, 0.15) is 6.10 Å². The molecular weight excluding hydrogens is 649 g/mol. The molecule has 292 valence electrons. The number of piperidine rings is 1. The number of hydrogen-bond donors (Lipinski definition) is 2. The Hall–Kier alpha value is -1.89. The van der Waals surface area contributed by atoms with E-state index in [-0.39, 0.29) is 45.6 Å². The SMILES string of the molecule is C=C(C)C1CC[C@]2(CC(=O)NC3CC4CCC(C3)N4C)CC[C@]3(C)[C@H](CC[C@@H]4[C@@]5(C)CC[C@H](OC(=O)CC(C)(C)C(=O)O)C(C)(C)[C@@H]5CC[C@]43C)[C@@H]12. The van der Waals surface area contributed by atoms with E-state index in [2.05, 4.69) is 65.4 Å². The Kier molecular flexibility index (Phi) is 9.47. The molecule has 2 N–H and O–H groups in total. The molecule has 52 heavy (non-hydrogen) atoms. The van der Waals surface area contributed by atoms with Gasteiger partial charge in [0.15, 0.2) is 0 Å². The van der Waals surface area contributed by atoms with Crippen LogP contribution >= 0.6 is 0 Å². The van der Waals surface area contributed by atoms with Gasteiger partial charge in [0.2, 0.25) is 5.91 Å². The number of amides is 1. The van der Waals surface area contributed by atoms with Gasteiger partial charge in [-0.1, -0.05) is 46.8 Å². The van der Waals surface area contributed by atoms with Crippen LogP contribution in [0.15, 0.2) is 12.2 Å². The zero-order valence-corrected chi connectivity index (χ0v) is 34.2. The van der Waals surface area contributed by atoms with E-state index in [9.17, 15) is 19.5 Å². The summed E-state index contributed by atoms with van der Waals surface area (Å²) in [4.78, 5) is 41.5. The van der Waals surface area contributed by atoms with E-state index >= 15 is 0 Å². The van der Waals surface area contributed by atoms with Crippen LogP contribution in [0.5, 0.6) is 0 Å². The number of carbonyl (C=O) groups is 3. The topological polar surface area (TPSA) is 95.9 Å². The molecule has 2 aliphatic heterocycles. The van der Waals surface area contributed by atoms with Crippen molar-refractivity contribution in [1.29, 1.82) is 0 Å². The van der Waals surface area contributed by atoms with Gasteiger partial charge in [-0.3, -0.25) is 14.4 Å². The predicted molar refractivity (Wildman–Crippen MR) is 205 cm³/mol. The maximum Gasteiger partial charge on any atom is 0.309 e. The quantitative estimate of drug-likeness (QED) is 0.192. The van der Waals surface area contributed by atoms with E-state index in [1.165, 1.54) is 50.5 Å². The van der Waals surface area contributed by atoms with Gasteiger partial charge < -0.3 is 20.1 Å². The molecular formula is C45H72N2O5. The lowest BCUT2D eigenvalue weighted by Crippen LogP contribution is -2.67. The van der Waals surface area contributed by atoms with Crippen molar-refractivity contribution in [1.82, 2.24) is 10.2 Å². The Morgan fingerprint density at radius 1 is 0.846 bits per heavy atom. The molecule has 2 saturated heterocycles. The summed E-state index contributed by atoms with van der Waals surface area (Å²) in [6.45, 7) is 22.6. The molecule has 5 aliphatic carbocycles. The zero-order valence-electron chi connectivity index (χ0n) is 34.2. The molecule has 12 atom stereocenters. The first kappa shape index (κ1) is 38.4. The number of fused-ring (bicyclic) bond motifs is 9. The minimum absolute atomic E-state index is 0.0751. The van der Waals surface area contributed by atoms with Gasteiger partial charge in [-0.25, -0.2) is 0 Å². The third-order valence-electron chi connectivity index (χ3n) is 18.6. The van der Waals surface area contributed by atoms with Crippen molar-refractivity contribution >= 4 is 17.8 Å². The second kappa shape index (κ2) is 12.8. The molecule has 0 spiro atoms. The third kappa shape index (κ3) is 5.76. The number of carbonyl (C=O) groups excluding carboxylic acids is 2. The average molecular weight is 721 g/mol.